The molecule has 3 aromatic carbocycles. The number of hydrogen-bond acceptors (Lipinski definition) is 3. The minimum atomic E-state index is -4.62. The van der Waals surface area contributed by atoms with E-state index in [1.165, 1.54) is 0 Å². The minimum absolute atomic E-state index is 0.0519. The average molecular weight is 570 g/mol. The second kappa shape index (κ2) is 10.5. The Balaban J connectivity index is 1.96. The highest BCUT2D eigenvalue weighted by atomic mass is 35.5. The first-order chi connectivity index (χ1) is 18.7. The van der Waals surface area contributed by atoms with Crippen molar-refractivity contribution in [1.82, 2.24) is 15.2 Å². The molecule has 2 N–H and O–H groups in total. The lowest BCUT2D eigenvalue weighted by atomic mass is 9.78. The number of H-pyrrole nitrogens is 1. The molecule has 0 saturated heterocycles. The molecule has 0 aliphatic carbocycles. The Morgan fingerprint density at radius 2 is 1.59 bits per heavy atom. The zero-order valence-corrected chi connectivity index (χ0v) is 22.6. The van der Waals surface area contributed by atoms with Crippen molar-refractivity contribution in [1.29, 1.82) is 0 Å². The number of hydrogen-bond donors (Lipinski definition) is 2. The summed E-state index contributed by atoms with van der Waals surface area (Å²) in [7, 11) is 0. The third kappa shape index (κ3) is 4.85. The molecule has 4 nitrogen and oxygen atoms in total. The number of aromatic nitrogens is 3. The second-order valence-corrected chi connectivity index (χ2v) is 9.99. The van der Waals surface area contributed by atoms with Crippen molar-refractivity contribution in [3.8, 4) is 16.9 Å². The van der Waals surface area contributed by atoms with Crippen LogP contribution in [-0.4, -0.2) is 20.3 Å². The number of phenols is 1. The van der Waals surface area contributed by atoms with Gasteiger partial charge in [0, 0.05) is 49.9 Å². The Labute approximate surface area is 233 Å². The van der Waals surface area contributed by atoms with E-state index in [-0.39, 0.29) is 15.8 Å². The zero-order chi connectivity index (χ0) is 27.9. The summed E-state index contributed by atoms with van der Waals surface area (Å²) in [5.74, 6) is -0.694. The van der Waals surface area contributed by atoms with Crippen LogP contribution < -0.4 is 0 Å². The summed E-state index contributed by atoms with van der Waals surface area (Å²) >= 11 is 13.4. The van der Waals surface area contributed by atoms with Gasteiger partial charge >= 0.3 is 6.18 Å². The largest absolute Gasteiger partial charge is 0.507 e. The highest BCUT2D eigenvalue weighted by Crippen LogP contribution is 2.49. The first-order valence-electron chi connectivity index (χ1n) is 12.4. The minimum Gasteiger partial charge on any atom is -0.507 e. The molecule has 0 aliphatic heterocycles. The van der Waals surface area contributed by atoms with Crippen LogP contribution >= 0.6 is 23.2 Å². The van der Waals surface area contributed by atoms with E-state index < -0.39 is 17.7 Å². The van der Waals surface area contributed by atoms with Gasteiger partial charge in [0.15, 0.2) is 0 Å². The predicted molar refractivity (Wildman–Crippen MR) is 149 cm³/mol. The van der Waals surface area contributed by atoms with E-state index in [2.05, 4.69) is 10.2 Å². The highest BCUT2D eigenvalue weighted by molar-refractivity contribution is 6.36. The average Bonchev–Trinajstić information content (AvgIpc) is 3.33. The number of rotatable bonds is 6. The highest BCUT2D eigenvalue weighted by Gasteiger charge is 2.36. The van der Waals surface area contributed by atoms with E-state index in [0.29, 0.717) is 40.6 Å². The van der Waals surface area contributed by atoms with Gasteiger partial charge in [0.1, 0.15) is 5.75 Å². The molecule has 5 aromatic rings. The number of aromatic amines is 1. The van der Waals surface area contributed by atoms with Crippen LogP contribution in [0.25, 0.3) is 22.0 Å². The molecule has 5 rings (SSSR count). The van der Waals surface area contributed by atoms with Crippen LogP contribution in [0.2, 0.25) is 10.0 Å². The van der Waals surface area contributed by atoms with Crippen molar-refractivity contribution in [2.45, 2.75) is 38.8 Å². The number of fused-ring (bicyclic) bond motifs is 1. The summed E-state index contributed by atoms with van der Waals surface area (Å²) in [6.07, 6.45) is -1.83. The van der Waals surface area contributed by atoms with E-state index >= 15 is 0 Å². The molecular weight excluding hydrogens is 546 g/mol. The lowest BCUT2D eigenvalue weighted by Gasteiger charge is -2.27. The van der Waals surface area contributed by atoms with Crippen molar-refractivity contribution in [2.24, 2.45) is 0 Å². The van der Waals surface area contributed by atoms with Crippen molar-refractivity contribution >= 4 is 34.1 Å². The van der Waals surface area contributed by atoms with E-state index in [0.717, 1.165) is 34.5 Å². The lowest BCUT2D eigenvalue weighted by molar-refractivity contribution is -0.137. The fraction of sp³-hybridized carbons (Fsp3) is 0.200. The number of halogens is 5. The molecule has 0 spiro atoms. The molecule has 2 aromatic heterocycles. The van der Waals surface area contributed by atoms with Gasteiger partial charge in [0.2, 0.25) is 0 Å². The number of para-hydroxylation sites is 1. The topological polar surface area (TPSA) is 61.8 Å². The zero-order valence-electron chi connectivity index (χ0n) is 21.1. The van der Waals surface area contributed by atoms with Gasteiger partial charge in [-0.15, -0.1) is 0 Å². The Morgan fingerprint density at radius 3 is 2.23 bits per heavy atom. The number of pyridine rings is 1. The van der Waals surface area contributed by atoms with Gasteiger partial charge in [-0.25, -0.2) is 0 Å². The fourth-order valence-corrected chi connectivity index (χ4v) is 5.87. The molecule has 0 aliphatic rings. The summed E-state index contributed by atoms with van der Waals surface area (Å²) in [5, 5.41) is 19.1. The van der Waals surface area contributed by atoms with E-state index in [1.807, 2.05) is 38.1 Å². The maximum atomic E-state index is 13.7. The summed E-state index contributed by atoms with van der Waals surface area (Å²) < 4.78 is 41.0. The standard InChI is InChI=1S/C30H24Cl2F3N3O/c1-3-22-27(23(4-2)38-37-22)28(26-20(31)14-17(15-21(26)32)30(33,34)35)25-19(18-9-5-6-10-24(18)39)12-11-16-8-7-13-36-29(16)25/h5-15,28,39H,3-4H2,1-2H3,(H,37,38). The number of benzene rings is 3. The van der Waals surface area contributed by atoms with Gasteiger partial charge in [-0.05, 0) is 48.2 Å². The Bertz CT molecular complexity index is 1640. The van der Waals surface area contributed by atoms with E-state index in [1.54, 1.807) is 30.5 Å². The molecule has 0 radical (unpaired) electrons. The van der Waals surface area contributed by atoms with Gasteiger partial charge in [-0.3, -0.25) is 10.1 Å². The van der Waals surface area contributed by atoms with Crippen LogP contribution in [0.1, 0.15) is 53.4 Å². The molecule has 0 fully saturated rings. The molecule has 0 saturated carbocycles. The molecule has 200 valence electrons. The number of nitrogens with zero attached hydrogens (tertiary/aromatic N) is 2. The smallest absolute Gasteiger partial charge is 0.416 e. The first kappa shape index (κ1) is 27.0. The summed E-state index contributed by atoms with van der Waals surface area (Å²) in [4.78, 5) is 4.70. The number of alkyl halides is 3. The van der Waals surface area contributed by atoms with Crippen molar-refractivity contribution in [3.63, 3.8) is 0 Å². The summed E-state index contributed by atoms with van der Waals surface area (Å²) in [6, 6.07) is 16.2. The number of phenolic OH excluding ortho intramolecular Hbond substituents is 1. The molecule has 0 amide bonds. The van der Waals surface area contributed by atoms with E-state index in [9.17, 15) is 18.3 Å². The van der Waals surface area contributed by atoms with Crippen molar-refractivity contribution in [3.05, 3.63) is 111 Å². The molecule has 2 heterocycles. The lowest BCUT2D eigenvalue weighted by Crippen LogP contribution is -2.13. The maximum absolute atomic E-state index is 13.7. The Kier molecular flexibility index (Phi) is 7.31. The maximum Gasteiger partial charge on any atom is 0.416 e. The van der Waals surface area contributed by atoms with E-state index in [4.69, 9.17) is 28.2 Å². The van der Waals surface area contributed by atoms with Crippen LogP contribution in [0.5, 0.6) is 5.75 Å². The van der Waals surface area contributed by atoms with Gasteiger partial charge in [0.05, 0.1) is 16.8 Å². The number of aryl methyl sites for hydroxylation is 2. The van der Waals surface area contributed by atoms with Crippen LogP contribution in [0.4, 0.5) is 13.2 Å². The summed E-state index contributed by atoms with van der Waals surface area (Å²) in [6.45, 7) is 3.92. The summed E-state index contributed by atoms with van der Waals surface area (Å²) in [5.41, 5.74) is 4.16. The Hall–Kier alpha value is -3.55. The van der Waals surface area contributed by atoms with Gasteiger partial charge in [-0.1, -0.05) is 73.4 Å². The van der Waals surface area contributed by atoms with Gasteiger partial charge < -0.3 is 5.11 Å². The predicted octanol–water partition coefficient (Wildman–Crippen LogP) is 8.96. The molecule has 9 heteroatoms. The molecular formula is C30H24Cl2F3N3O. The fourth-order valence-electron chi connectivity index (χ4n) is 5.16. The first-order valence-corrected chi connectivity index (χ1v) is 13.2. The van der Waals surface area contributed by atoms with Crippen LogP contribution in [0.15, 0.2) is 66.9 Å². The Morgan fingerprint density at radius 1 is 0.872 bits per heavy atom. The third-order valence-electron chi connectivity index (χ3n) is 6.93. The SMILES string of the molecule is CCc1n[nH]c(CC)c1C(c1c(Cl)cc(C(F)(F)F)cc1Cl)c1c(-c2ccccc2O)ccc2cccnc12. The molecule has 0 bridgehead atoms. The van der Waals surface area contributed by atoms with Crippen LogP contribution in [0, 0.1) is 0 Å². The second-order valence-electron chi connectivity index (χ2n) is 9.17. The normalized spacial score (nSPS) is 12.7. The number of nitrogens with one attached hydrogen (secondary N) is 1. The van der Waals surface area contributed by atoms with Crippen molar-refractivity contribution < 1.29 is 18.3 Å². The van der Waals surface area contributed by atoms with Crippen molar-refractivity contribution in [2.75, 3.05) is 0 Å². The monoisotopic (exact) mass is 569 g/mol. The molecule has 1 unspecified atom stereocenters. The van der Waals surface area contributed by atoms with Gasteiger partial charge in [0.25, 0.3) is 0 Å². The van der Waals surface area contributed by atoms with Crippen LogP contribution in [0.3, 0.4) is 0 Å². The van der Waals surface area contributed by atoms with Gasteiger partial charge in [-0.2, -0.15) is 18.3 Å². The quantitative estimate of drug-likeness (QED) is 0.214. The molecule has 1 atom stereocenters. The van der Waals surface area contributed by atoms with Crippen LogP contribution in [-0.2, 0) is 19.0 Å². The third-order valence-corrected chi connectivity index (χ3v) is 7.56. The number of aromatic hydroxyl groups is 1. The molecule has 39 heavy (non-hydrogen) atoms.